The molecule has 0 aromatic carbocycles. The molecule has 0 aromatic rings. The smallest absolute Gasteiger partial charge is 0.109 e. The first-order valence-corrected chi connectivity index (χ1v) is 9.21. The summed E-state index contributed by atoms with van der Waals surface area (Å²) in [5, 5.41) is 9.76. The predicted octanol–water partition coefficient (Wildman–Crippen LogP) is 3.08. The van der Waals surface area contributed by atoms with Crippen LogP contribution < -0.4 is 0 Å². The molecule has 0 N–H and O–H groups in total. The van der Waals surface area contributed by atoms with Crippen molar-refractivity contribution in [2.45, 2.75) is 41.5 Å². The Morgan fingerprint density at radius 3 is 0.929 bits per heavy atom. The molecule has 0 fully saturated rings. The highest BCUT2D eigenvalue weighted by Gasteiger charge is 1.98. The maximum absolute atomic E-state index is 4.03. The maximum Gasteiger partial charge on any atom is 0.109 e. The maximum atomic E-state index is 4.03. The highest BCUT2D eigenvalue weighted by Crippen LogP contribution is 1.87. The van der Waals surface area contributed by atoms with E-state index in [1.807, 2.05) is 106 Å². The van der Waals surface area contributed by atoms with E-state index in [0.29, 0.717) is 0 Å². The number of hydrazone groups is 1. The molecule has 168 valence electrons. The van der Waals surface area contributed by atoms with Crippen molar-refractivity contribution in [2.24, 2.45) is 20.1 Å². The van der Waals surface area contributed by atoms with Crippen LogP contribution in [0.3, 0.4) is 0 Å². The van der Waals surface area contributed by atoms with Crippen molar-refractivity contribution < 1.29 is 0 Å². The summed E-state index contributed by atoms with van der Waals surface area (Å²) in [7, 11) is 19.1. The van der Waals surface area contributed by atoms with E-state index in [1.54, 1.807) is 26.2 Å². The number of hydrogen-bond acceptors (Lipinski definition) is 6. The Morgan fingerprint density at radius 2 is 0.893 bits per heavy atom. The molecule has 0 heterocycles. The van der Waals surface area contributed by atoms with Crippen molar-refractivity contribution >= 4 is 23.1 Å². The van der Waals surface area contributed by atoms with E-state index in [2.05, 4.69) is 20.1 Å². The molecule has 0 aliphatic heterocycles. The van der Waals surface area contributed by atoms with Gasteiger partial charge in [0.1, 0.15) is 5.84 Å². The van der Waals surface area contributed by atoms with Crippen LogP contribution in [0.1, 0.15) is 41.5 Å². The van der Waals surface area contributed by atoms with Gasteiger partial charge in [0.05, 0.1) is 5.84 Å². The van der Waals surface area contributed by atoms with Crippen molar-refractivity contribution in [1.82, 2.24) is 19.9 Å². The highest BCUT2D eigenvalue weighted by atomic mass is 15.6. The molecule has 0 amide bonds. The molecule has 8 heteroatoms. The van der Waals surface area contributed by atoms with Crippen LogP contribution in [0, 0.1) is 0 Å². The minimum absolute atomic E-state index is 1.01. The number of hydrazine groups is 1. The Labute approximate surface area is 175 Å². The van der Waals surface area contributed by atoms with Crippen molar-refractivity contribution in [3.63, 3.8) is 0 Å². The first kappa shape index (κ1) is 33.6. The number of aliphatic imine (C=N–C) groups is 3. The van der Waals surface area contributed by atoms with Gasteiger partial charge < -0.3 is 9.91 Å². The van der Waals surface area contributed by atoms with Gasteiger partial charge in [-0.05, 0) is 41.5 Å². The second-order valence-electron chi connectivity index (χ2n) is 6.87. The average Bonchev–Trinajstić information content (AvgIpc) is 2.59. The largest absolute Gasteiger partial charge is 0.367 e. The number of hydrogen-bond donors (Lipinski definition) is 0. The monoisotopic (exact) mass is 400 g/mol. The number of amidine groups is 2. The molecule has 8 nitrogen and oxygen atoms in total. The van der Waals surface area contributed by atoms with E-state index in [-0.39, 0.29) is 0 Å². The molecule has 0 aromatic heterocycles. The zero-order valence-corrected chi connectivity index (χ0v) is 21.6. The first-order chi connectivity index (χ1) is 12.7. The SMILES string of the molecule is CC(C)=NN(C)C.CN=C(C)C.CN=C(C)N(C)C.CN=C(C)N(C)N(C)C. The van der Waals surface area contributed by atoms with Crippen LogP contribution in [-0.2, 0) is 0 Å². The highest BCUT2D eigenvalue weighted by molar-refractivity contribution is 5.79. The van der Waals surface area contributed by atoms with Gasteiger partial charge in [0, 0.05) is 81.9 Å². The second kappa shape index (κ2) is 21.3. The molecule has 0 bridgehead atoms. The van der Waals surface area contributed by atoms with Gasteiger partial charge in [0.25, 0.3) is 0 Å². The molecule has 0 spiro atoms. The van der Waals surface area contributed by atoms with Crippen LogP contribution in [0.4, 0.5) is 0 Å². The zero-order valence-electron chi connectivity index (χ0n) is 21.6. The summed E-state index contributed by atoms with van der Waals surface area (Å²) in [6.07, 6.45) is 0. The lowest BCUT2D eigenvalue weighted by atomic mass is 10.5. The van der Waals surface area contributed by atoms with Gasteiger partial charge in [0.2, 0.25) is 0 Å². The third-order valence-electron chi connectivity index (χ3n) is 3.21. The van der Waals surface area contributed by atoms with Gasteiger partial charge >= 0.3 is 0 Å². The summed E-state index contributed by atoms with van der Waals surface area (Å²) in [6, 6.07) is 0. The normalized spacial score (nSPS) is 10.2. The van der Waals surface area contributed by atoms with Crippen LogP contribution in [0.2, 0.25) is 0 Å². The van der Waals surface area contributed by atoms with Gasteiger partial charge in [-0.3, -0.25) is 20.0 Å². The molecule has 0 radical (unpaired) electrons. The zero-order chi connectivity index (χ0) is 23.4. The molecule has 28 heavy (non-hydrogen) atoms. The van der Waals surface area contributed by atoms with Crippen molar-refractivity contribution in [2.75, 3.05) is 70.5 Å². The lowest BCUT2D eigenvalue weighted by Crippen LogP contribution is -2.36. The minimum Gasteiger partial charge on any atom is -0.367 e. The topological polar surface area (TPSA) is 62.4 Å². The summed E-state index contributed by atoms with van der Waals surface area (Å²) in [4.78, 5) is 13.7. The van der Waals surface area contributed by atoms with Crippen LogP contribution in [0.15, 0.2) is 20.1 Å². The van der Waals surface area contributed by atoms with Gasteiger partial charge in [-0.2, -0.15) is 5.10 Å². The van der Waals surface area contributed by atoms with Gasteiger partial charge in [-0.25, -0.2) is 5.01 Å². The molecule has 0 unspecified atom stereocenters. The predicted molar refractivity (Wildman–Crippen MR) is 130 cm³/mol. The lowest BCUT2D eigenvalue weighted by Gasteiger charge is -2.25. The molecule has 0 rings (SSSR count). The summed E-state index contributed by atoms with van der Waals surface area (Å²) < 4.78 is 0. The Hall–Kier alpha value is -1.96. The fraction of sp³-hybridized carbons (Fsp3) is 0.800. The molecular weight excluding hydrogens is 352 g/mol. The van der Waals surface area contributed by atoms with E-state index in [9.17, 15) is 0 Å². The fourth-order valence-electron chi connectivity index (χ4n) is 1.03. The summed E-state index contributed by atoms with van der Waals surface area (Å²) >= 11 is 0. The third-order valence-corrected chi connectivity index (χ3v) is 3.21. The van der Waals surface area contributed by atoms with E-state index in [0.717, 1.165) is 23.1 Å². The standard InChI is InChI=1S/C6H15N3.2C5H12N2.C4H9N/c1-6(7-2)9(5)8(3)4;1-5(6-2)7(3)4;1-5(2)6-7(3)4;1-4(2)5-3/h1-5H3;2*1-4H3;1-3H3. The minimum atomic E-state index is 1.01. The van der Waals surface area contributed by atoms with E-state index < -0.39 is 0 Å². The Balaban J connectivity index is -0.000000140. The quantitative estimate of drug-likeness (QED) is 0.406. The Kier molecular flexibility index (Phi) is 25.6. The lowest BCUT2D eigenvalue weighted by molar-refractivity contribution is 0.143. The third kappa shape index (κ3) is 31.8. The molecule has 0 aliphatic rings. The molecular formula is C20H48N8. The van der Waals surface area contributed by atoms with Crippen LogP contribution >= 0.6 is 0 Å². The van der Waals surface area contributed by atoms with Gasteiger partial charge in [-0.1, -0.05) is 0 Å². The van der Waals surface area contributed by atoms with E-state index >= 15 is 0 Å². The Morgan fingerprint density at radius 1 is 0.536 bits per heavy atom. The van der Waals surface area contributed by atoms with Crippen molar-refractivity contribution in [3.05, 3.63) is 0 Å². The average molecular weight is 401 g/mol. The van der Waals surface area contributed by atoms with Crippen molar-refractivity contribution in [3.8, 4) is 0 Å². The molecule has 0 saturated heterocycles. The summed E-state index contributed by atoms with van der Waals surface area (Å²) in [5.74, 6) is 2.07. The number of nitrogens with zero attached hydrogens (tertiary/aromatic N) is 8. The van der Waals surface area contributed by atoms with Crippen LogP contribution in [-0.4, -0.2) is 113 Å². The second-order valence-corrected chi connectivity index (χ2v) is 6.87. The summed E-state index contributed by atoms with van der Waals surface area (Å²) in [6.45, 7) is 11.8. The van der Waals surface area contributed by atoms with Gasteiger partial charge in [-0.15, -0.1) is 0 Å². The number of rotatable bonds is 2. The van der Waals surface area contributed by atoms with Crippen LogP contribution in [0.5, 0.6) is 0 Å². The molecule has 0 aliphatic carbocycles. The molecule has 0 saturated carbocycles. The van der Waals surface area contributed by atoms with Gasteiger partial charge in [0.15, 0.2) is 0 Å². The molecule has 0 atom stereocenters. The first-order valence-electron chi connectivity index (χ1n) is 9.21. The summed E-state index contributed by atoms with van der Waals surface area (Å²) in [5.41, 5.74) is 2.22. The van der Waals surface area contributed by atoms with Crippen LogP contribution in [0.25, 0.3) is 0 Å². The van der Waals surface area contributed by atoms with Crippen molar-refractivity contribution in [1.29, 1.82) is 0 Å². The van der Waals surface area contributed by atoms with E-state index in [1.165, 1.54) is 0 Å². The fourth-order valence-corrected chi connectivity index (χ4v) is 1.03. The Bertz CT molecular complexity index is 467. The van der Waals surface area contributed by atoms with E-state index in [4.69, 9.17) is 0 Å².